The Bertz CT molecular complexity index is 581. The predicted octanol–water partition coefficient (Wildman–Crippen LogP) is 4.55. The monoisotopic (exact) mass is 247 g/mol. The van der Waals surface area contributed by atoms with Gasteiger partial charge in [0.2, 0.25) is 0 Å². The van der Waals surface area contributed by atoms with Crippen molar-refractivity contribution < 1.29 is 0 Å². The van der Waals surface area contributed by atoms with Crippen LogP contribution in [-0.4, -0.2) is 4.98 Å². The maximum Gasteiger partial charge on any atom is 0.0907 e. The molecule has 0 bridgehead atoms. The summed E-state index contributed by atoms with van der Waals surface area (Å²) < 4.78 is 1.33. The van der Waals surface area contributed by atoms with Crippen LogP contribution in [0.1, 0.15) is 23.9 Å². The zero-order chi connectivity index (χ0) is 11.1. The van der Waals surface area contributed by atoms with E-state index in [-0.39, 0.29) is 0 Å². The summed E-state index contributed by atoms with van der Waals surface area (Å²) in [5.41, 5.74) is 2.64. The summed E-state index contributed by atoms with van der Waals surface area (Å²) in [5, 5.41) is 1.16. The number of hydrogen-bond donors (Lipinski definition) is 0. The van der Waals surface area contributed by atoms with Crippen molar-refractivity contribution in [3.8, 4) is 0 Å². The molecule has 0 aliphatic carbocycles. The van der Waals surface area contributed by atoms with Crippen LogP contribution in [0, 0.1) is 6.92 Å². The van der Waals surface area contributed by atoms with E-state index in [4.69, 9.17) is 0 Å². The molecule has 0 saturated heterocycles. The highest BCUT2D eigenvalue weighted by Crippen LogP contribution is 2.37. The van der Waals surface area contributed by atoms with Crippen molar-refractivity contribution in [1.29, 1.82) is 0 Å². The number of fused-ring (bicyclic) bond motifs is 2. The minimum absolute atomic E-state index is 1.16. The van der Waals surface area contributed by atoms with Gasteiger partial charge in [-0.1, -0.05) is 17.8 Å². The lowest BCUT2D eigenvalue weighted by atomic mass is 10.1. The molecule has 1 aliphatic rings. The fourth-order valence-electron chi connectivity index (χ4n) is 2.05. The second kappa shape index (κ2) is 3.90. The zero-order valence-corrected chi connectivity index (χ0v) is 11.0. The Labute approximate surface area is 104 Å². The van der Waals surface area contributed by atoms with Crippen molar-refractivity contribution in [1.82, 2.24) is 4.98 Å². The van der Waals surface area contributed by atoms with E-state index in [1.807, 2.05) is 11.8 Å². The van der Waals surface area contributed by atoms with Crippen molar-refractivity contribution >= 4 is 33.3 Å². The van der Waals surface area contributed by atoms with Gasteiger partial charge in [-0.2, -0.15) is 0 Å². The van der Waals surface area contributed by atoms with Crippen molar-refractivity contribution in [3.63, 3.8) is 0 Å². The van der Waals surface area contributed by atoms with Crippen LogP contribution in [0.5, 0.6) is 0 Å². The molecule has 3 rings (SSSR count). The van der Waals surface area contributed by atoms with E-state index < -0.39 is 0 Å². The van der Waals surface area contributed by atoms with Gasteiger partial charge in [0.05, 0.1) is 15.2 Å². The molecule has 1 aromatic carbocycles. The largest absolute Gasteiger partial charge is 0.241 e. The molecule has 0 N–H and O–H groups in total. The van der Waals surface area contributed by atoms with Crippen molar-refractivity contribution in [2.24, 2.45) is 0 Å². The lowest BCUT2D eigenvalue weighted by molar-refractivity contribution is 0.979. The van der Waals surface area contributed by atoms with Gasteiger partial charge in [0.1, 0.15) is 0 Å². The molecular formula is C13H13NS2. The van der Waals surface area contributed by atoms with Gasteiger partial charge in [-0.05, 0) is 49.3 Å². The van der Waals surface area contributed by atoms with Crippen LogP contribution < -0.4 is 0 Å². The van der Waals surface area contributed by atoms with E-state index in [1.165, 1.54) is 20.1 Å². The van der Waals surface area contributed by atoms with Crippen molar-refractivity contribution in [2.75, 3.05) is 0 Å². The van der Waals surface area contributed by atoms with Gasteiger partial charge >= 0.3 is 0 Å². The van der Waals surface area contributed by atoms with Gasteiger partial charge in [-0.25, -0.2) is 4.98 Å². The summed E-state index contributed by atoms with van der Waals surface area (Å²) in [7, 11) is 0. The lowest BCUT2D eigenvalue weighted by Gasteiger charge is -2.05. The van der Waals surface area contributed by atoms with E-state index in [0.29, 0.717) is 0 Å². The topological polar surface area (TPSA) is 12.9 Å². The first-order valence-corrected chi connectivity index (χ1v) is 7.10. The molecule has 82 valence electrons. The quantitative estimate of drug-likeness (QED) is 0.677. The molecule has 0 amide bonds. The Hall–Kier alpha value is -0.800. The van der Waals surface area contributed by atoms with Gasteiger partial charge in [0.25, 0.3) is 0 Å². The number of thiazole rings is 1. The molecule has 2 aromatic rings. The lowest BCUT2D eigenvalue weighted by Crippen LogP contribution is -1.85. The Balaban J connectivity index is 2.19. The Kier molecular flexibility index (Phi) is 2.52. The van der Waals surface area contributed by atoms with Crippen LogP contribution in [0.15, 0.2) is 28.0 Å². The molecular weight excluding hydrogens is 234 g/mol. The maximum atomic E-state index is 4.56. The van der Waals surface area contributed by atoms with Gasteiger partial charge in [0.15, 0.2) is 0 Å². The number of aryl methyl sites for hydroxylation is 2. The summed E-state index contributed by atoms with van der Waals surface area (Å²) in [6.45, 7) is 4.27. The third kappa shape index (κ3) is 1.78. The average Bonchev–Trinajstić information content (AvgIpc) is 2.47. The summed E-state index contributed by atoms with van der Waals surface area (Å²) in [6.07, 6.45) is 4.65. The van der Waals surface area contributed by atoms with Gasteiger partial charge in [-0.15, -0.1) is 11.3 Å². The van der Waals surface area contributed by atoms with Crippen LogP contribution in [0.25, 0.3) is 10.2 Å². The minimum Gasteiger partial charge on any atom is -0.241 e. The highest BCUT2D eigenvalue weighted by molar-refractivity contribution is 8.03. The summed E-state index contributed by atoms with van der Waals surface area (Å²) in [4.78, 5) is 7.36. The molecule has 3 heteroatoms. The zero-order valence-electron chi connectivity index (χ0n) is 9.41. The Morgan fingerprint density at radius 2 is 2.12 bits per heavy atom. The number of nitrogens with zero attached hydrogens (tertiary/aromatic N) is 1. The molecule has 0 spiro atoms. The number of allylic oxidation sites excluding steroid dienone is 2. The molecule has 0 fully saturated rings. The minimum atomic E-state index is 1.16. The Morgan fingerprint density at radius 1 is 1.25 bits per heavy atom. The standard InChI is InChI=1S/C13H13NS2/c1-8-4-3-5-10-6-13-11(7-12(10)15-8)14-9(2)16-13/h4,6-7H,3,5H2,1-2H3. The maximum absolute atomic E-state index is 4.56. The van der Waals surface area contributed by atoms with Crippen LogP contribution in [0.4, 0.5) is 0 Å². The molecule has 1 nitrogen and oxygen atoms in total. The van der Waals surface area contributed by atoms with Gasteiger partial charge in [0, 0.05) is 4.90 Å². The predicted molar refractivity (Wildman–Crippen MR) is 72.3 cm³/mol. The number of thioether (sulfide) groups is 1. The van der Waals surface area contributed by atoms with E-state index in [0.717, 1.165) is 23.4 Å². The van der Waals surface area contributed by atoms with Gasteiger partial charge < -0.3 is 0 Å². The SMILES string of the molecule is CC1=CCCc2cc3sc(C)nc3cc2S1. The summed E-state index contributed by atoms with van der Waals surface area (Å²) >= 11 is 3.68. The fraction of sp³-hybridized carbons (Fsp3) is 0.308. The molecule has 0 unspecified atom stereocenters. The van der Waals surface area contributed by atoms with E-state index in [2.05, 4.69) is 37.0 Å². The van der Waals surface area contributed by atoms with E-state index in [9.17, 15) is 0 Å². The number of aromatic nitrogens is 1. The average molecular weight is 247 g/mol. The van der Waals surface area contributed by atoms with Crippen LogP contribution in [-0.2, 0) is 6.42 Å². The highest BCUT2D eigenvalue weighted by atomic mass is 32.2. The van der Waals surface area contributed by atoms with Crippen LogP contribution in [0.3, 0.4) is 0 Å². The van der Waals surface area contributed by atoms with Crippen molar-refractivity contribution in [2.45, 2.75) is 31.6 Å². The summed E-state index contributed by atoms with van der Waals surface area (Å²) in [6, 6.07) is 4.58. The number of rotatable bonds is 0. The number of benzene rings is 1. The van der Waals surface area contributed by atoms with Crippen molar-refractivity contribution in [3.05, 3.63) is 33.7 Å². The fourth-order valence-corrected chi connectivity index (χ4v) is 3.93. The molecule has 0 radical (unpaired) electrons. The second-order valence-electron chi connectivity index (χ2n) is 4.12. The third-order valence-electron chi connectivity index (χ3n) is 2.79. The molecule has 2 heterocycles. The summed E-state index contributed by atoms with van der Waals surface area (Å²) in [5.74, 6) is 0. The molecule has 0 saturated carbocycles. The molecule has 1 aliphatic heterocycles. The van der Waals surface area contributed by atoms with Gasteiger partial charge in [-0.3, -0.25) is 0 Å². The molecule has 1 aromatic heterocycles. The highest BCUT2D eigenvalue weighted by Gasteiger charge is 2.11. The third-order valence-corrected chi connectivity index (χ3v) is 4.82. The number of hydrogen-bond acceptors (Lipinski definition) is 3. The first-order valence-electron chi connectivity index (χ1n) is 5.47. The molecule has 0 atom stereocenters. The first-order chi connectivity index (χ1) is 7.72. The molecule has 16 heavy (non-hydrogen) atoms. The normalized spacial score (nSPS) is 15.8. The Morgan fingerprint density at radius 3 is 3.00 bits per heavy atom. The first kappa shape index (κ1) is 10.4. The smallest absolute Gasteiger partial charge is 0.0907 e. The van der Waals surface area contributed by atoms with Crippen LogP contribution in [0.2, 0.25) is 0 Å². The van der Waals surface area contributed by atoms with Crippen LogP contribution >= 0.6 is 23.1 Å². The van der Waals surface area contributed by atoms with E-state index >= 15 is 0 Å². The van der Waals surface area contributed by atoms with E-state index in [1.54, 1.807) is 11.3 Å². The second-order valence-corrected chi connectivity index (χ2v) is 6.64.